The molecule has 1 heterocycles. The second kappa shape index (κ2) is 8.15. The van der Waals surface area contributed by atoms with E-state index in [1.165, 1.54) is 5.56 Å². The van der Waals surface area contributed by atoms with Crippen LogP contribution in [0, 0.1) is 13.8 Å². The molecule has 5 nitrogen and oxygen atoms in total. The molecule has 0 aliphatic rings. The Kier molecular flexibility index (Phi) is 5.68. The van der Waals surface area contributed by atoms with Gasteiger partial charge in [0.25, 0.3) is 5.91 Å². The monoisotopic (exact) mass is 368 g/mol. The van der Waals surface area contributed by atoms with Crippen molar-refractivity contribution in [2.75, 3.05) is 6.54 Å². The van der Waals surface area contributed by atoms with Crippen molar-refractivity contribution >= 4 is 17.5 Å². The maximum Gasteiger partial charge on any atom is 0.251 e. The molecule has 3 rings (SSSR count). The number of carbonyl (C=O) groups excluding carboxylic acids is 1. The second-order valence-electron chi connectivity index (χ2n) is 6.31. The molecule has 3 aromatic rings. The summed E-state index contributed by atoms with van der Waals surface area (Å²) in [6, 6.07) is 13.4. The molecule has 0 bridgehead atoms. The second-order valence-corrected chi connectivity index (χ2v) is 6.75. The van der Waals surface area contributed by atoms with Crippen molar-refractivity contribution in [3.63, 3.8) is 0 Å². The van der Waals surface area contributed by atoms with Gasteiger partial charge in [-0.3, -0.25) is 9.89 Å². The molecular formula is C20H21ClN4O. The highest BCUT2D eigenvalue weighted by Crippen LogP contribution is 2.13. The van der Waals surface area contributed by atoms with E-state index in [0.29, 0.717) is 35.8 Å². The maximum absolute atomic E-state index is 12.2. The van der Waals surface area contributed by atoms with Gasteiger partial charge in [-0.25, -0.2) is 4.98 Å². The van der Waals surface area contributed by atoms with E-state index in [-0.39, 0.29) is 5.91 Å². The highest BCUT2D eigenvalue weighted by Gasteiger charge is 2.08. The summed E-state index contributed by atoms with van der Waals surface area (Å²) in [4.78, 5) is 16.7. The fraction of sp³-hybridized carbons (Fsp3) is 0.250. The number of nitrogens with one attached hydrogen (secondary N) is 2. The molecule has 2 N–H and O–H groups in total. The van der Waals surface area contributed by atoms with Gasteiger partial charge in [0.05, 0.1) is 0 Å². The largest absolute Gasteiger partial charge is 0.352 e. The Morgan fingerprint density at radius 3 is 2.77 bits per heavy atom. The molecule has 0 unspecified atom stereocenters. The first-order valence-corrected chi connectivity index (χ1v) is 8.89. The van der Waals surface area contributed by atoms with Crippen LogP contribution in [-0.2, 0) is 12.8 Å². The van der Waals surface area contributed by atoms with E-state index < -0.39 is 0 Å². The number of H-pyrrole nitrogens is 1. The molecule has 0 saturated heterocycles. The normalized spacial score (nSPS) is 10.7. The first-order chi connectivity index (χ1) is 12.5. The van der Waals surface area contributed by atoms with Gasteiger partial charge in [0.1, 0.15) is 5.82 Å². The van der Waals surface area contributed by atoms with Crippen molar-refractivity contribution in [3.8, 4) is 0 Å². The third-order valence-electron chi connectivity index (χ3n) is 4.24. The van der Waals surface area contributed by atoms with Gasteiger partial charge in [0, 0.05) is 30.0 Å². The highest BCUT2D eigenvalue weighted by atomic mass is 35.5. The summed E-state index contributed by atoms with van der Waals surface area (Å²) in [5, 5.41) is 10.8. The number of amides is 1. The number of benzene rings is 2. The van der Waals surface area contributed by atoms with E-state index in [1.807, 2.05) is 56.3 Å². The number of hydrogen-bond donors (Lipinski definition) is 2. The van der Waals surface area contributed by atoms with Crippen LogP contribution in [-0.4, -0.2) is 27.6 Å². The van der Waals surface area contributed by atoms with Gasteiger partial charge in [0.15, 0.2) is 5.82 Å². The molecule has 0 aliphatic heterocycles. The van der Waals surface area contributed by atoms with Crippen LogP contribution in [0.15, 0.2) is 42.5 Å². The lowest BCUT2D eigenvalue weighted by Gasteiger charge is -2.06. The van der Waals surface area contributed by atoms with Crippen LogP contribution in [0.25, 0.3) is 0 Å². The van der Waals surface area contributed by atoms with Gasteiger partial charge in [0.2, 0.25) is 0 Å². The van der Waals surface area contributed by atoms with E-state index in [0.717, 1.165) is 17.0 Å². The first-order valence-electron chi connectivity index (χ1n) is 8.51. The zero-order valence-electron chi connectivity index (χ0n) is 14.8. The zero-order valence-corrected chi connectivity index (χ0v) is 15.6. The Bertz CT molecular complexity index is 920. The molecule has 0 atom stereocenters. The molecule has 0 fully saturated rings. The summed E-state index contributed by atoms with van der Waals surface area (Å²) >= 11 is 6.00. The lowest BCUT2D eigenvalue weighted by atomic mass is 10.1. The van der Waals surface area contributed by atoms with Crippen LogP contribution < -0.4 is 5.32 Å². The Hall–Kier alpha value is -2.66. The molecule has 2 aromatic carbocycles. The summed E-state index contributed by atoms with van der Waals surface area (Å²) in [6.07, 6.45) is 1.21. The quantitative estimate of drug-likeness (QED) is 0.697. The minimum atomic E-state index is -0.0808. The fourth-order valence-electron chi connectivity index (χ4n) is 2.64. The lowest BCUT2D eigenvalue weighted by molar-refractivity contribution is 0.0954. The highest BCUT2D eigenvalue weighted by molar-refractivity contribution is 6.30. The average molecular weight is 369 g/mol. The van der Waals surface area contributed by atoms with Crippen molar-refractivity contribution < 1.29 is 4.79 Å². The van der Waals surface area contributed by atoms with Gasteiger partial charge in [-0.15, -0.1) is 0 Å². The number of aryl methyl sites for hydroxylation is 2. The number of nitrogens with zero attached hydrogens (tertiary/aromatic N) is 2. The van der Waals surface area contributed by atoms with Crippen molar-refractivity contribution in [1.82, 2.24) is 20.5 Å². The topological polar surface area (TPSA) is 70.7 Å². The Morgan fingerprint density at radius 2 is 2.00 bits per heavy atom. The number of rotatable bonds is 6. The van der Waals surface area contributed by atoms with E-state index >= 15 is 0 Å². The van der Waals surface area contributed by atoms with Gasteiger partial charge < -0.3 is 5.32 Å². The van der Waals surface area contributed by atoms with E-state index in [1.54, 1.807) is 0 Å². The molecule has 6 heteroatoms. The zero-order chi connectivity index (χ0) is 18.5. The number of halogens is 1. The maximum atomic E-state index is 12.2. The van der Waals surface area contributed by atoms with Gasteiger partial charge in [-0.1, -0.05) is 29.8 Å². The number of carbonyl (C=O) groups is 1. The van der Waals surface area contributed by atoms with Crippen LogP contribution in [0.5, 0.6) is 0 Å². The predicted octanol–water partition coefficient (Wildman–Crippen LogP) is 3.64. The summed E-state index contributed by atoms with van der Waals surface area (Å²) in [5.74, 6) is 1.38. The molecule has 134 valence electrons. The molecule has 0 saturated carbocycles. The van der Waals surface area contributed by atoms with Gasteiger partial charge in [-0.05, 0) is 54.8 Å². The molecule has 1 aromatic heterocycles. The molecule has 0 spiro atoms. The standard InChI is InChI=1S/C20H21ClN4O/c1-13-6-7-16(10-14(13)2)20(26)22-9-8-18-23-19(25-24-18)12-15-4-3-5-17(21)11-15/h3-7,10-11H,8-9,12H2,1-2H3,(H,22,26)(H,23,24,25). The van der Waals surface area contributed by atoms with Crippen LogP contribution >= 0.6 is 11.6 Å². The van der Waals surface area contributed by atoms with Crippen molar-refractivity contribution in [1.29, 1.82) is 0 Å². The Morgan fingerprint density at radius 1 is 1.15 bits per heavy atom. The van der Waals surface area contributed by atoms with Gasteiger partial charge >= 0.3 is 0 Å². The first kappa shape index (κ1) is 18.1. The van der Waals surface area contributed by atoms with Crippen LogP contribution in [0.4, 0.5) is 0 Å². The summed E-state index contributed by atoms with van der Waals surface area (Å²) in [7, 11) is 0. The third kappa shape index (κ3) is 4.70. The van der Waals surface area contributed by atoms with Gasteiger partial charge in [-0.2, -0.15) is 5.10 Å². The average Bonchev–Trinajstić information content (AvgIpc) is 3.04. The number of aromatic amines is 1. The minimum Gasteiger partial charge on any atom is -0.352 e. The summed E-state index contributed by atoms with van der Waals surface area (Å²) in [5.41, 5.74) is 4.03. The third-order valence-corrected chi connectivity index (χ3v) is 4.48. The van der Waals surface area contributed by atoms with Crippen molar-refractivity contribution in [3.05, 3.63) is 81.4 Å². The molecule has 1 amide bonds. The molecule has 0 aliphatic carbocycles. The fourth-order valence-corrected chi connectivity index (χ4v) is 2.85. The number of hydrogen-bond acceptors (Lipinski definition) is 3. The van der Waals surface area contributed by atoms with Crippen molar-refractivity contribution in [2.24, 2.45) is 0 Å². The molecule has 26 heavy (non-hydrogen) atoms. The summed E-state index contributed by atoms with van der Waals surface area (Å²) in [6.45, 7) is 4.52. The Labute approximate surface area is 157 Å². The Balaban J connectivity index is 1.51. The van der Waals surface area contributed by atoms with Crippen LogP contribution in [0.2, 0.25) is 5.02 Å². The van der Waals surface area contributed by atoms with E-state index in [2.05, 4.69) is 20.5 Å². The van der Waals surface area contributed by atoms with Crippen LogP contribution in [0.1, 0.15) is 38.7 Å². The van der Waals surface area contributed by atoms with E-state index in [4.69, 9.17) is 11.6 Å². The number of aromatic nitrogens is 3. The predicted molar refractivity (Wildman–Crippen MR) is 103 cm³/mol. The smallest absolute Gasteiger partial charge is 0.251 e. The summed E-state index contributed by atoms with van der Waals surface area (Å²) < 4.78 is 0. The van der Waals surface area contributed by atoms with Crippen LogP contribution in [0.3, 0.4) is 0 Å². The minimum absolute atomic E-state index is 0.0808. The molecule has 0 radical (unpaired) electrons. The SMILES string of the molecule is Cc1ccc(C(=O)NCCc2n[nH]c(Cc3cccc(Cl)c3)n2)cc1C. The van der Waals surface area contributed by atoms with E-state index in [9.17, 15) is 4.79 Å². The van der Waals surface area contributed by atoms with Crippen molar-refractivity contribution in [2.45, 2.75) is 26.7 Å². The lowest BCUT2D eigenvalue weighted by Crippen LogP contribution is -2.26. The molecular weight excluding hydrogens is 348 g/mol.